The number of nitrogens with zero attached hydrogens (tertiary/aromatic N) is 1. The van der Waals surface area contributed by atoms with Crippen molar-refractivity contribution in [2.45, 2.75) is 18.3 Å². The van der Waals surface area contributed by atoms with Gasteiger partial charge in [-0.3, -0.25) is 4.79 Å². The molecule has 4 aromatic rings. The minimum Gasteiger partial charge on any atom is -0.488 e. The molecule has 5 rings (SSSR count). The molecule has 0 amide bonds. The number of halogens is 3. The van der Waals surface area contributed by atoms with Gasteiger partial charge >= 0.3 is 5.97 Å². The number of fused-ring (bicyclic) bond motifs is 3. The maximum atomic E-state index is 14.6. The summed E-state index contributed by atoms with van der Waals surface area (Å²) in [5.74, 6) is -2.16. The Bertz CT molecular complexity index is 1510. The highest BCUT2D eigenvalue weighted by molar-refractivity contribution is 7.99. The molecule has 0 saturated heterocycles. The zero-order valence-electron chi connectivity index (χ0n) is 18.9. The molecule has 0 fully saturated rings. The van der Waals surface area contributed by atoms with Crippen molar-refractivity contribution in [2.75, 3.05) is 5.75 Å². The number of carbonyl (C=O) groups is 1. The first-order valence-corrected chi connectivity index (χ1v) is 12.3. The van der Waals surface area contributed by atoms with E-state index in [1.807, 2.05) is 30.3 Å². The Hall–Kier alpha value is -3.78. The maximum absolute atomic E-state index is 14.6. The van der Waals surface area contributed by atoms with Crippen molar-refractivity contribution in [2.24, 2.45) is 0 Å². The zero-order chi connectivity index (χ0) is 25.2. The molecular formula is C28H20F3NO3S. The van der Waals surface area contributed by atoms with Gasteiger partial charge in [-0.15, -0.1) is 11.8 Å². The molecule has 1 aliphatic heterocycles. The van der Waals surface area contributed by atoms with Crippen molar-refractivity contribution in [1.82, 2.24) is 4.98 Å². The van der Waals surface area contributed by atoms with Crippen molar-refractivity contribution in [1.29, 1.82) is 0 Å². The van der Waals surface area contributed by atoms with E-state index in [1.165, 1.54) is 17.8 Å². The molecule has 1 unspecified atom stereocenters. The molecular weight excluding hydrogens is 487 g/mol. The van der Waals surface area contributed by atoms with Gasteiger partial charge in [0.25, 0.3) is 0 Å². The summed E-state index contributed by atoms with van der Waals surface area (Å²) >= 11 is 1.43. The summed E-state index contributed by atoms with van der Waals surface area (Å²) in [6.45, 7) is 0.0817. The van der Waals surface area contributed by atoms with Crippen molar-refractivity contribution < 1.29 is 27.8 Å². The van der Waals surface area contributed by atoms with Gasteiger partial charge < -0.3 is 9.84 Å². The second-order valence-corrected chi connectivity index (χ2v) is 9.53. The number of thioether (sulfide) groups is 1. The average Bonchev–Trinajstić information content (AvgIpc) is 3.01. The fraction of sp³-hybridized carbons (Fsp3) is 0.143. The Morgan fingerprint density at radius 1 is 1.00 bits per heavy atom. The largest absolute Gasteiger partial charge is 0.488 e. The van der Waals surface area contributed by atoms with E-state index in [-0.39, 0.29) is 24.1 Å². The lowest BCUT2D eigenvalue weighted by molar-refractivity contribution is -0.136. The first-order chi connectivity index (χ1) is 17.4. The Morgan fingerprint density at radius 3 is 2.67 bits per heavy atom. The van der Waals surface area contributed by atoms with Crippen LogP contribution < -0.4 is 4.74 Å². The van der Waals surface area contributed by atoms with E-state index in [0.29, 0.717) is 33.7 Å². The molecule has 0 radical (unpaired) electrons. The second kappa shape index (κ2) is 10.1. The van der Waals surface area contributed by atoms with Crippen LogP contribution in [0.4, 0.5) is 13.2 Å². The van der Waals surface area contributed by atoms with Gasteiger partial charge in [-0.1, -0.05) is 30.3 Å². The summed E-state index contributed by atoms with van der Waals surface area (Å²) in [7, 11) is 0. The molecule has 0 bridgehead atoms. The van der Waals surface area contributed by atoms with E-state index in [9.17, 15) is 18.0 Å². The Balaban J connectivity index is 1.49. The van der Waals surface area contributed by atoms with Crippen molar-refractivity contribution in [3.8, 4) is 5.75 Å². The number of carboxylic acids is 1. The minimum absolute atomic E-state index is 0.0142. The Kier molecular flexibility index (Phi) is 6.69. The molecule has 1 aromatic heterocycles. The molecule has 3 aromatic carbocycles. The standard InChI is InChI=1S/C28H20F3NO3S/c29-22-3-1-2-19-21(22)15-35-26-9-5-16(12-20(26)28(19)36-11-10-27(33)34)4-7-18-8-6-17-13-23(30)24(31)14-25(17)32-18/h1-9,12-14,28H,10-11,15H2,(H,33,34)/b7-4+. The molecule has 1 atom stereocenters. The van der Waals surface area contributed by atoms with Crippen molar-refractivity contribution in [3.05, 3.63) is 106 Å². The van der Waals surface area contributed by atoms with Crippen molar-refractivity contribution in [3.63, 3.8) is 0 Å². The van der Waals surface area contributed by atoms with Crippen LogP contribution in [-0.2, 0) is 11.4 Å². The van der Waals surface area contributed by atoms with Crippen LogP contribution >= 0.6 is 11.8 Å². The number of aromatic nitrogens is 1. The normalized spacial score (nSPS) is 14.8. The Labute approximate surface area is 209 Å². The van der Waals surface area contributed by atoms with Gasteiger partial charge in [-0.05, 0) is 47.5 Å². The number of carboxylic acid groups (broad SMARTS) is 1. The van der Waals surface area contributed by atoms with Gasteiger partial charge in [-0.2, -0.15) is 0 Å². The third kappa shape index (κ3) is 4.95. The summed E-state index contributed by atoms with van der Waals surface area (Å²) in [6, 6.07) is 16.1. The van der Waals surface area contributed by atoms with Crippen LogP contribution in [0.5, 0.6) is 5.75 Å². The number of hydrogen-bond donors (Lipinski definition) is 1. The molecule has 2 heterocycles. The number of ether oxygens (including phenoxy) is 1. The summed E-state index contributed by atoms with van der Waals surface area (Å²) in [4.78, 5) is 15.5. The van der Waals surface area contributed by atoms with E-state index in [0.717, 1.165) is 28.8 Å². The number of pyridine rings is 1. The quantitative estimate of drug-likeness (QED) is 0.304. The van der Waals surface area contributed by atoms with E-state index in [4.69, 9.17) is 9.84 Å². The predicted molar refractivity (Wildman–Crippen MR) is 134 cm³/mol. The topological polar surface area (TPSA) is 59.4 Å². The summed E-state index contributed by atoms with van der Waals surface area (Å²) in [6.07, 6.45) is 3.59. The zero-order valence-corrected chi connectivity index (χ0v) is 19.7. The molecule has 36 heavy (non-hydrogen) atoms. The molecule has 1 N–H and O–H groups in total. The minimum atomic E-state index is -0.954. The monoisotopic (exact) mass is 507 g/mol. The third-order valence-electron chi connectivity index (χ3n) is 5.93. The molecule has 1 aliphatic rings. The lowest BCUT2D eigenvalue weighted by Gasteiger charge is -2.19. The summed E-state index contributed by atoms with van der Waals surface area (Å²) in [5, 5.41) is 9.29. The van der Waals surface area contributed by atoms with E-state index >= 15 is 0 Å². The van der Waals surface area contributed by atoms with Gasteiger partial charge in [0.05, 0.1) is 22.9 Å². The molecule has 0 spiro atoms. The molecule has 0 saturated carbocycles. The van der Waals surface area contributed by atoms with Crippen LogP contribution in [0.1, 0.15) is 39.6 Å². The highest BCUT2D eigenvalue weighted by atomic mass is 32.2. The first-order valence-electron chi connectivity index (χ1n) is 11.2. The SMILES string of the molecule is O=C(O)CCSC1c2cc(/C=C/c3ccc4cc(F)c(F)cc4n3)ccc2OCc2c(F)cccc21. The van der Waals surface area contributed by atoms with Gasteiger partial charge in [0.1, 0.15) is 18.2 Å². The molecule has 0 aliphatic carbocycles. The van der Waals surface area contributed by atoms with Crippen LogP contribution in [-0.4, -0.2) is 21.8 Å². The van der Waals surface area contributed by atoms with Crippen LogP contribution in [0.2, 0.25) is 0 Å². The number of aliphatic carboxylic acids is 1. The van der Waals surface area contributed by atoms with Crippen LogP contribution in [0, 0.1) is 17.5 Å². The predicted octanol–water partition coefficient (Wildman–Crippen LogP) is 7.01. The van der Waals surface area contributed by atoms with Gasteiger partial charge in [-0.25, -0.2) is 18.2 Å². The first kappa shape index (κ1) is 23.9. The average molecular weight is 508 g/mol. The second-order valence-electron chi connectivity index (χ2n) is 8.32. The van der Waals surface area contributed by atoms with Crippen molar-refractivity contribution >= 4 is 40.8 Å². The number of rotatable bonds is 6. The Morgan fingerprint density at radius 2 is 1.83 bits per heavy atom. The summed E-state index contributed by atoms with van der Waals surface area (Å²) < 4.78 is 47.6. The number of benzene rings is 3. The van der Waals surface area contributed by atoms with Gasteiger partial charge in [0.15, 0.2) is 11.6 Å². The lowest BCUT2D eigenvalue weighted by atomic mass is 9.98. The van der Waals surface area contributed by atoms with E-state index in [2.05, 4.69) is 4.98 Å². The van der Waals surface area contributed by atoms with Crippen LogP contribution in [0.15, 0.2) is 60.7 Å². The van der Waals surface area contributed by atoms with Gasteiger partial charge in [0.2, 0.25) is 0 Å². The van der Waals surface area contributed by atoms with Crippen LogP contribution in [0.3, 0.4) is 0 Å². The highest BCUT2D eigenvalue weighted by Crippen LogP contribution is 2.45. The fourth-order valence-corrected chi connectivity index (χ4v) is 5.44. The summed E-state index contributed by atoms with van der Waals surface area (Å²) in [5.41, 5.74) is 3.78. The van der Waals surface area contributed by atoms with Crippen LogP contribution in [0.25, 0.3) is 23.1 Å². The lowest BCUT2D eigenvalue weighted by Crippen LogP contribution is -2.04. The fourth-order valence-electron chi connectivity index (χ4n) is 4.15. The van der Waals surface area contributed by atoms with Gasteiger partial charge in [0, 0.05) is 28.3 Å². The molecule has 8 heteroatoms. The van der Waals surface area contributed by atoms with E-state index in [1.54, 1.807) is 24.3 Å². The molecule has 182 valence electrons. The third-order valence-corrected chi connectivity index (χ3v) is 7.21. The maximum Gasteiger partial charge on any atom is 0.304 e. The van der Waals surface area contributed by atoms with E-state index < -0.39 is 17.6 Å². The smallest absolute Gasteiger partial charge is 0.304 e. The highest BCUT2D eigenvalue weighted by Gasteiger charge is 2.27. The number of hydrogen-bond acceptors (Lipinski definition) is 4. The molecule has 4 nitrogen and oxygen atoms in total.